The third kappa shape index (κ3) is 3.18. The molecular formula is C15H20ClN3O. The highest BCUT2D eigenvalue weighted by Crippen LogP contribution is 2.54. The summed E-state index contributed by atoms with van der Waals surface area (Å²) in [6.07, 6.45) is 4.17. The molecular weight excluding hydrogens is 274 g/mol. The lowest BCUT2D eigenvalue weighted by molar-refractivity contribution is 0.415. The van der Waals surface area contributed by atoms with Gasteiger partial charge in [-0.3, -0.25) is 4.99 Å². The monoisotopic (exact) mass is 293 g/mol. The molecule has 2 aliphatic rings. The third-order valence-electron chi connectivity index (χ3n) is 4.13. The minimum Gasteiger partial charge on any atom is -0.495 e. The Morgan fingerprint density at radius 3 is 2.95 bits per heavy atom. The fraction of sp³-hybridized carbons (Fsp3) is 0.533. The summed E-state index contributed by atoms with van der Waals surface area (Å²) >= 11 is 6.07. The lowest BCUT2D eigenvalue weighted by Crippen LogP contribution is -2.23. The third-order valence-corrected chi connectivity index (χ3v) is 4.42. The van der Waals surface area contributed by atoms with Crippen LogP contribution in [0.1, 0.15) is 19.3 Å². The minimum atomic E-state index is 0.452. The van der Waals surface area contributed by atoms with Crippen LogP contribution in [0.4, 0.5) is 5.69 Å². The maximum absolute atomic E-state index is 6.07. The Morgan fingerprint density at radius 2 is 2.30 bits per heavy atom. The number of guanidine groups is 1. The Labute approximate surface area is 124 Å². The zero-order chi connectivity index (χ0) is 14.1. The predicted molar refractivity (Wildman–Crippen MR) is 82.4 cm³/mol. The number of hydrogen-bond donors (Lipinski definition) is 2. The number of benzene rings is 1. The number of nitrogens with one attached hydrogen (secondary N) is 1. The molecule has 2 atom stereocenters. The number of halogens is 1. The molecule has 108 valence electrons. The van der Waals surface area contributed by atoms with Crippen molar-refractivity contribution in [3.8, 4) is 5.75 Å². The van der Waals surface area contributed by atoms with E-state index in [0.717, 1.165) is 30.0 Å². The molecule has 4 nitrogen and oxygen atoms in total. The average molecular weight is 294 g/mol. The van der Waals surface area contributed by atoms with E-state index in [1.807, 2.05) is 12.1 Å². The lowest BCUT2D eigenvalue weighted by atomic mass is 10.2. The van der Waals surface area contributed by atoms with Gasteiger partial charge in [-0.1, -0.05) is 11.6 Å². The van der Waals surface area contributed by atoms with Crippen LogP contribution >= 0.6 is 11.6 Å². The Bertz CT molecular complexity index is 528. The normalized spacial score (nSPS) is 25.4. The van der Waals surface area contributed by atoms with Crippen molar-refractivity contribution < 1.29 is 4.74 Å². The molecule has 1 aromatic rings. The van der Waals surface area contributed by atoms with Crippen LogP contribution in [0.15, 0.2) is 23.2 Å². The smallest absolute Gasteiger partial charge is 0.193 e. The molecule has 20 heavy (non-hydrogen) atoms. The number of hydrogen-bond acceptors (Lipinski definition) is 2. The van der Waals surface area contributed by atoms with E-state index < -0.39 is 0 Å². The highest BCUT2D eigenvalue weighted by molar-refractivity contribution is 6.32. The van der Waals surface area contributed by atoms with Crippen LogP contribution in [0.2, 0.25) is 5.02 Å². The van der Waals surface area contributed by atoms with Gasteiger partial charge in [0.2, 0.25) is 0 Å². The number of nitrogens with two attached hydrogens (primary N) is 1. The van der Waals surface area contributed by atoms with Crippen molar-refractivity contribution in [2.45, 2.75) is 19.3 Å². The first kappa shape index (κ1) is 13.6. The molecule has 0 radical (unpaired) electrons. The van der Waals surface area contributed by atoms with E-state index in [9.17, 15) is 0 Å². The van der Waals surface area contributed by atoms with Crippen molar-refractivity contribution in [2.75, 3.05) is 19.0 Å². The van der Waals surface area contributed by atoms with Crippen molar-refractivity contribution >= 4 is 23.2 Å². The number of nitrogens with zero attached hydrogens (tertiary/aromatic N) is 1. The fourth-order valence-corrected chi connectivity index (χ4v) is 2.99. The second kappa shape index (κ2) is 5.52. The molecule has 2 fully saturated rings. The number of anilines is 1. The zero-order valence-corrected chi connectivity index (χ0v) is 12.4. The fourth-order valence-electron chi connectivity index (χ4n) is 2.73. The van der Waals surface area contributed by atoms with Crippen molar-refractivity contribution in [1.29, 1.82) is 0 Å². The number of aliphatic imine (C=N–C) groups is 1. The number of rotatable bonds is 5. The van der Waals surface area contributed by atoms with Gasteiger partial charge in [0.25, 0.3) is 0 Å². The summed E-state index contributed by atoms with van der Waals surface area (Å²) in [6, 6.07) is 5.46. The van der Waals surface area contributed by atoms with E-state index in [-0.39, 0.29) is 0 Å². The summed E-state index contributed by atoms with van der Waals surface area (Å²) in [5, 5.41) is 3.62. The number of methoxy groups -OCH3 is 1. The molecule has 3 rings (SSSR count). The average Bonchev–Trinajstić information content (AvgIpc) is 3.28. The summed E-state index contributed by atoms with van der Waals surface area (Å²) in [4.78, 5) is 4.42. The largest absolute Gasteiger partial charge is 0.495 e. The summed E-state index contributed by atoms with van der Waals surface area (Å²) in [7, 11) is 1.59. The topological polar surface area (TPSA) is 59.6 Å². The van der Waals surface area contributed by atoms with Gasteiger partial charge in [-0.15, -0.1) is 0 Å². The minimum absolute atomic E-state index is 0.452. The summed E-state index contributed by atoms with van der Waals surface area (Å²) < 4.78 is 5.11. The van der Waals surface area contributed by atoms with Gasteiger partial charge in [-0.05, 0) is 55.2 Å². The quantitative estimate of drug-likeness (QED) is 0.648. The predicted octanol–water partition coefficient (Wildman–Crippen LogP) is 3.12. The Balaban J connectivity index is 1.52. The molecule has 0 heterocycles. The summed E-state index contributed by atoms with van der Waals surface area (Å²) in [5.41, 5.74) is 6.73. The van der Waals surface area contributed by atoms with E-state index in [4.69, 9.17) is 22.1 Å². The van der Waals surface area contributed by atoms with E-state index in [0.29, 0.717) is 16.7 Å². The van der Waals surface area contributed by atoms with Crippen LogP contribution in [0, 0.1) is 17.8 Å². The maximum atomic E-state index is 6.07. The van der Waals surface area contributed by atoms with E-state index in [2.05, 4.69) is 10.3 Å². The molecule has 0 spiro atoms. The first-order chi connectivity index (χ1) is 9.67. The maximum Gasteiger partial charge on any atom is 0.193 e. The van der Waals surface area contributed by atoms with Crippen LogP contribution in [0.5, 0.6) is 5.75 Å². The van der Waals surface area contributed by atoms with Gasteiger partial charge in [-0.25, -0.2) is 0 Å². The molecule has 3 N–H and O–H groups in total. The van der Waals surface area contributed by atoms with Crippen LogP contribution in [0.3, 0.4) is 0 Å². The molecule has 2 saturated carbocycles. The lowest BCUT2D eigenvalue weighted by Gasteiger charge is -2.08. The van der Waals surface area contributed by atoms with Gasteiger partial charge in [0.05, 0.1) is 12.1 Å². The second-order valence-electron chi connectivity index (χ2n) is 5.70. The van der Waals surface area contributed by atoms with Crippen LogP contribution in [0.25, 0.3) is 0 Å². The summed E-state index contributed by atoms with van der Waals surface area (Å²) in [5.74, 6) is 3.76. The molecule has 0 saturated heterocycles. The number of ether oxygens (including phenoxy) is 1. The van der Waals surface area contributed by atoms with E-state index >= 15 is 0 Å². The highest BCUT2D eigenvalue weighted by atomic mass is 35.5. The molecule has 2 aliphatic carbocycles. The molecule has 0 bridgehead atoms. The van der Waals surface area contributed by atoms with Crippen LogP contribution in [-0.2, 0) is 0 Å². The summed E-state index contributed by atoms with van der Waals surface area (Å²) in [6.45, 7) is 0.837. The standard InChI is InChI=1S/C15H20ClN3O/c1-20-14-5-4-11(7-13(14)16)19-15(17)18-8-10-6-12(10)9-2-3-9/h4-5,7,9-10,12H,2-3,6,8H2,1H3,(H3,17,18,19)/t10-,12-/m0/s1. The Hall–Kier alpha value is -1.42. The molecule has 0 unspecified atom stereocenters. The molecule has 1 aromatic carbocycles. The molecule has 0 amide bonds. The molecule has 5 heteroatoms. The molecule has 0 aliphatic heterocycles. The van der Waals surface area contributed by atoms with Gasteiger partial charge in [0, 0.05) is 12.2 Å². The van der Waals surface area contributed by atoms with Gasteiger partial charge in [-0.2, -0.15) is 0 Å². The Kier molecular flexibility index (Phi) is 3.74. The first-order valence-corrected chi connectivity index (χ1v) is 7.45. The van der Waals surface area contributed by atoms with Crippen molar-refractivity contribution in [3.05, 3.63) is 23.2 Å². The van der Waals surface area contributed by atoms with Gasteiger partial charge >= 0.3 is 0 Å². The van der Waals surface area contributed by atoms with Crippen molar-refractivity contribution in [2.24, 2.45) is 28.5 Å². The van der Waals surface area contributed by atoms with Gasteiger partial charge in [0.1, 0.15) is 5.75 Å². The highest BCUT2D eigenvalue weighted by Gasteiger charge is 2.46. The van der Waals surface area contributed by atoms with Crippen molar-refractivity contribution in [1.82, 2.24) is 0 Å². The van der Waals surface area contributed by atoms with Crippen LogP contribution in [-0.4, -0.2) is 19.6 Å². The first-order valence-electron chi connectivity index (χ1n) is 7.08. The second-order valence-corrected chi connectivity index (χ2v) is 6.10. The molecule has 0 aromatic heterocycles. The van der Waals surface area contributed by atoms with E-state index in [1.165, 1.54) is 19.3 Å². The van der Waals surface area contributed by atoms with E-state index in [1.54, 1.807) is 13.2 Å². The van der Waals surface area contributed by atoms with Crippen LogP contribution < -0.4 is 15.8 Å². The zero-order valence-electron chi connectivity index (χ0n) is 11.6. The van der Waals surface area contributed by atoms with Crippen molar-refractivity contribution in [3.63, 3.8) is 0 Å². The van der Waals surface area contributed by atoms with Gasteiger partial charge in [0.15, 0.2) is 5.96 Å². The Morgan fingerprint density at radius 1 is 1.50 bits per heavy atom. The SMILES string of the molecule is COc1ccc(NC(N)=NC[C@@H]2C[C@H]2C2CC2)cc1Cl. The van der Waals surface area contributed by atoms with Gasteiger partial charge < -0.3 is 15.8 Å².